The summed E-state index contributed by atoms with van der Waals surface area (Å²) in [4.78, 5) is 14.0. The molecule has 0 aromatic heterocycles. The van der Waals surface area contributed by atoms with Crippen LogP contribution < -0.4 is 10.1 Å². The van der Waals surface area contributed by atoms with E-state index >= 15 is 0 Å². The minimum atomic E-state index is -0.0587. The third-order valence-corrected chi connectivity index (χ3v) is 6.98. The van der Waals surface area contributed by atoms with Crippen LogP contribution in [0.4, 0.5) is 0 Å². The summed E-state index contributed by atoms with van der Waals surface area (Å²) in [5, 5.41) is 14.3. The molecular weight excluding hydrogens is 386 g/mol. The van der Waals surface area contributed by atoms with Crippen LogP contribution in [0.25, 0.3) is 10.8 Å². The van der Waals surface area contributed by atoms with Crippen LogP contribution in [0.15, 0.2) is 36.4 Å². The molecule has 1 fully saturated rings. The molecule has 2 aromatic rings. The lowest BCUT2D eigenvalue weighted by atomic mass is 9.90. The van der Waals surface area contributed by atoms with Crippen LogP contribution in [0, 0.1) is 11.3 Å². The van der Waals surface area contributed by atoms with Gasteiger partial charge < -0.3 is 20.4 Å². The number of nitrogens with zero attached hydrogens (tertiary/aromatic N) is 1. The van der Waals surface area contributed by atoms with Crippen LogP contribution in [0.5, 0.6) is 5.75 Å². The number of carbonyl (C=O) groups excluding carboxylic acids is 1. The van der Waals surface area contributed by atoms with Crippen molar-refractivity contribution in [1.29, 1.82) is 5.41 Å². The second-order valence-corrected chi connectivity index (χ2v) is 9.38. The van der Waals surface area contributed by atoms with Crippen LogP contribution in [-0.2, 0) is 4.79 Å². The Morgan fingerprint density at radius 1 is 1.26 bits per heavy atom. The van der Waals surface area contributed by atoms with Crippen molar-refractivity contribution in [3.05, 3.63) is 42.0 Å². The molecule has 0 radical (unpaired) electrons. The number of hydrogen-bond acceptors (Lipinski definition) is 4. The van der Waals surface area contributed by atoms with Crippen LogP contribution in [0.2, 0.25) is 0 Å². The second kappa shape index (κ2) is 9.82. The molecule has 1 aliphatic rings. The molecule has 1 aliphatic heterocycles. The summed E-state index contributed by atoms with van der Waals surface area (Å²) in [6, 6.07) is 12.7. The van der Waals surface area contributed by atoms with E-state index in [0.717, 1.165) is 54.3 Å². The van der Waals surface area contributed by atoms with E-state index in [2.05, 4.69) is 62.3 Å². The molecule has 5 nitrogen and oxygen atoms in total. The number of rotatable bonds is 10. The van der Waals surface area contributed by atoms with E-state index in [9.17, 15) is 4.79 Å². The molecule has 0 aliphatic carbocycles. The molecule has 1 amide bonds. The zero-order chi connectivity index (χ0) is 22.6. The van der Waals surface area contributed by atoms with Crippen molar-refractivity contribution < 1.29 is 9.53 Å². The summed E-state index contributed by atoms with van der Waals surface area (Å²) in [5.41, 5.74) is 1.64. The van der Waals surface area contributed by atoms with Crippen molar-refractivity contribution in [3.63, 3.8) is 0 Å². The Morgan fingerprint density at radius 2 is 1.97 bits per heavy atom. The first-order chi connectivity index (χ1) is 14.7. The maximum Gasteiger partial charge on any atom is 0.220 e. The molecule has 0 bridgehead atoms. The number of ether oxygens (including phenoxy) is 1. The largest absolute Gasteiger partial charge is 0.497 e. The van der Waals surface area contributed by atoms with Crippen molar-refractivity contribution in [2.45, 2.75) is 64.5 Å². The average Bonchev–Trinajstić information content (AvgIpc) is 3.13. The van der Waals surface area contributed by atoms with Gasteiger partial charge in [-0.05, 0) is 81.1 Å². The van der Waals surface area contributed by atoms with Gasteiger partial charge in [-0.3, -0.25) is 4.79 Å². The summed E-state index contributed by atoms with van der Waals surface area (Å²) < 4.78 is 5.32. The van der Waals surface area contributed by atoms with Gasteiger partial charge in [0.05, 0.1) is 7.11 Å². The van der Waals surface area contributed by atoms with Gasteiger partial charge in [0, 0.05) is 36.2 Å². The van der Waals surface area contributed by atoms with E-state index in [4.69, 9.17) is 10.1 Å². The minimum Gasteiger partial charge on any atom is -0.497 e. The maximum absolute atomic E-state index is 11.6. The Kier molecular flexibility index (Phi) is 7.37. The van der Waals surface area contributed by atoms with E-state index in [0.29, 0.717) is 18.2 Å². The normalized spacial score (nSPS) is 20.6. The number of hydrogen-bond donors (Lipinski definition) is 2. The van der Waals surface area contributed by atoms with Crippen LogP contribution in [0.1, 0.15) is 58.4 Å². The maximum atomic E-state index is 11.6. The Labute approximate surface area is 186 Å². The van der Waals surface area contributed by atoms with E-state index in [-0.39, 0.29) is 17.4 Å². The molecule has 1 saturated heterocycles. The molecule has 0 spiro atoms. The molecular formula is C26H37N3O2. The number of carbonyl (C=O) groups is 1. The van der Waals surface area contributed by atoms with E-state index in [1.165, 1.54) is 0 Å². The summed E-state index contributed by atoms with van der Waals surface area (Å²) in [5.74, 6) is 1.21. The van der Waals surface area contributed by atoms with Gasteiger partial charge in [-0.25, -0.2) is 0 Å². The Morgan fingerprint density at radius 3 is 2.61 bits per heavy atom. The number of nitrogens with one attached hydrogen (secondary N) is 2. The zero-order valence-corrected chi connectivity index (χ0v) is 19.6. The molecule has 0 saturated carbocycles. The van der Waals surface area contributed by atoms with Gasteiger partial charge in [0.25, 0.3) is 0 Å². The Balaban J connectivity index is 1.62. The molecule has 3 unspecified atom stereocenters. The summed E-state index contributed by atoms with van der Waals surface area (Å²) in [6.45, 7) is 7.43. The lowest BCUT2D eigenvalue weighted by molar-refractivity contribution is -0.119. The number of amides is 1. The summed E-state index contributed by atoms with van der Waals surface area (Å²) in [6.07, 6.45) is 4.54. The fourth-order valence-electron chi connectivity index (χ4n) is 4.49. The molecule has 2 N–H and O–H groups in total. The van der Waals surface area contributed by atoms with Gasteiger partial charge >= 0.3 is 0 Å². The highest BCUT2D eigenvalue weighted by molar-refractivity contribution is 6.03. The quantitative estimate of drug-likeness (QED) is 0.528. The highest BCUT2D eigenvalue weighted by atomic mass is 16.5. The molecule has 3 atom stereocenters. The Bertz CT molecular complexity index is 941. The van der Waals surface area contributed by atoms with Gasteiger partial charge in [-0.15, -0.1) is 0 Å². The van der Waals surface area contributed by atoms with Gasteiger partial charge in [-0.1, -0.05) is 25.1 Å². The minimum absolute atomic E-state index is 0.0587. The highest BCUT2D eigenvalue weighted by Crippen LogP contribution is 2.27. The summed E-state index contributed by atoms with van der Waals surface area (Å²) >= 11 is 0. The topological polar surface area (TPSA) is 65.4 Å². The van der Waals surface area contributed by atoms with Crippen LogP contribution >= 0.6 is 0 Å². The molecule has 1 heterocycles. The van der Waals surface area contributed by atoms with Gasteiger partial charge in [0.1, 0.15) is 5.75 Å². The van der Waals surface area contributed by atoms with Crippen molar-refractivity contribution in [3.8, 4) is 5.75 Å². The molecule has 168 valence electrons. The third kappa shape index (κ3) is 5.65. The lowest BCUT2D eigenvalue weighted by Gasteiger charge is -2.32. The number of fused-ring (bicyclic) bond motifs is 1. The predicted molar refractivity (Wildman–Crippen MR) is 128 cm³/mol. The first-order valence-electron chi connectivity index (χ1n) is 11.4. The molecule has 2 aromatic carbocycles. The average molecular weight is 424 g/mol. The van der Waals surface area contributed by atoms with Crippen molar-refractivity contribution >= 4 is 22.4 Å². The number of methoxy groups -OCH3 is 1. The zero-order valence-electron chi connectivity index (χ0n) is 19.6. The monoisotopic (exact) mass is 423 g/mol. The van der Waals surface area contributed by atoms with E-state index in [1.54, 1.807) is 7.11 Å². The van der Waals surface area contributed by atoms with Gasteiger partial charge in [0.2, 0.25) is 5.91 Å². The van der Waals surface area contributed by atoms with Gasteiger partial charge in [-0.2, -0.15) is 0 Å². The highest BCUT2D eigenvalue weighted by Gasteiger charge is 2.33. The SMILES string of the molecule is CCC(CN(C)C(C)CCC1(C)CCC(=O)N1)C(=N)c1ccc2cc(OC)ccc2c1. The third-order valence-electron chi connectivity index (χ3n) is 6.98. The molecule has 3 rings (SSSR count). The van der Waals surface area contributed by atoms with E-state index in [1.807, 2.05) is 12.1 Å². The van der Waals surface area contributed by atoms with E-state index < -0.39 is 0 Å². The lowest BCUT2D eigenvalue weighted by Crippen LogP contribution is -2.41. The van der Waals surface area contributed by atoms with Crippen molar-refractivity contribution in [2.24, 2.45) is 5.92 Å². The second-order valence-electron chi connectivity index (χ2n) is 9.38. The van der Waals surface area contributed by atoms with Crippen molar-refractivity contribution in [1.82, 2.24) is 10.2 Å². The van der Waals surface area contributed by atoms with Crippen LogP contribution in [-0.4, -0.2) is 48.8 Å². The standard InChI is InChI=1S/C26H37N3O2/c1-6-19(17-29(4)18(2)11-13-26(3)14-12-24(30)28-26)25(27)22-8-7-21-16-23(31-5)10-9-20(21)15-22/h7-10,15-16,18-19,27H,6,11-14,17H2,1-5H3,(H,28,30). The smallest absolute Gasteiger partial charge is 0.220 e. The molecule has 5 heteroatoms. The fraction of sp³-hybridized carbons (Fsp3) is 0.538. The number of benzene rings is 2. The molecule has 31 heavy (non-hydrogen) atoms. The summed E-state index contributed by atoms with van der Waals surface area (Å²) in [7, 11) is 3.83. The van der Waals surface area contributed by atoms with Crippen molar-refractivity contribution in [2.75, 3.05) is 20.7 Å². The first kappa shape index (κ1) is 23.3. The Hall–Kier alpha value is -2.40. The van der Waals surface area contributed by atoms with Crippen LogP contribution in [0.3, 0.4) is 0 Å². The first-order valence-corrected chi connectivity index (χ1v) is 11.4. The van der Waals surface area contributed by atoms with Gasteiger partial charge in [0.15, 0.2) is 0 Å². The fourth-order valence-corrected chi connectivity index (χ4v) is 4.49. The predicted octanol–water partition coefficient (Wildman–Crippen LogP) is 5.01.